The molecule has 0 fully saturated rings. The maximum atomic E-state index is 10.5. The number of fused-ring (bicyclic) bond motifs is 6. The van der Waals surface area contributed by atoms with Crippen LogP contribution in [0.15, 0.2) is 352 Å². The van der Waals surface area contributed by atoms with Crippen LogP contribution in [0.3, 0.4) is 0 Å². The summed E-state index contributed by atoms with van der Waals surface area (Å²) >= 11 is 0. The summed E-state index contributed by atoms with van der Waals surface area (Å²) in [6, 6.07) is 122. The second kappa shape index (κ2) is 38.3. The Kier molecular flexibility index (Phi) is 23.7. The van der Waals surface area contributed by atoms with Crippen LogP contribution in [-0.4, -0.2) is 39.0 Å². The molecule has 0 amide bonds. The van der Waals surface area contributed by atoms with Crippen molar-refractivity contribution in [1.29, 1.82) is 36.8 Å². The Morgan fingerprint density at radius 1 is 0.174 bits per heavy atom. The van der Waals surface area contributed by atoms with Crippen molar-refractivity contribution >= 4 is 83.4 Å². The van der Waals surface area contributed by atoms with Crippen LogP contribution in [0.25, 0.3) is 235 Å². The third-order valence-corrected chi connectivity index (χ3v) is 24.5. The molecule has 656 valence electrons. The molecule has 0 atom stereocenters. The average Bonchev–Trinajstić information content (AvgIpc) is 1.55. The van der Waals surface area contributed by atoms with E-state index in [-0.39, 0.29) is 45.0 Å². The van der Waals surface area contributed by atoms with Gasteiger partial charge in [-0.05, 0) is 213 Å². The highest BCUT2D eigenvalue weighted by Crippen LogP contribution is 2.51. The minimum atomic E-state index is 0.218. The molecule has 0 bridgehead atoms. The first-order valence-corrected chi connectivity index (χ1v) is 44.3. The Balaban J connectivity index is 0.000000177. The fraction of sp³-hybridized carbons (Fsp3) is 0. The molecule has 4 heterocycles. The van der Waals surface area contributed by atoms with Crippen LogP contribution in [0.5, 0.6) is 0 Å². The van der Waals surface area contributed by atoms with E-state index in [1.165, 1.54) is 24.3 Å². The van der Waals surface area contributed by atoms with Crippen molar-refractivity contribution in [3.63, 3.8) is 0 Å². The van der Waals surface area contributed by atoms with E-state index in [0.29, 0.717) is 169 Å². The van der Waals surface area contributed by atoms with Gasteiger partial charge in [-0.1, -0.05) is 194 Å². The zero-order valence-corrected chi connectivity index (χ0v) is 75.3. The average molecular weight is 1830 g/mol. The number of hydrogen-bond donors (Lipinski definition) is 0. The molecule has 0 radical (unpaired) electrons. The molecule has 22 heteroatoms. The van der Waals surface area contributed by atoms with Crippen LogP contribution in [0.2, 0.25) is 0 Å². The molecule has 22 nitrogen and oxygen atoms in total. The molecule has 0 spiro atoms. The van der Waals surface area contributed by atoms with E-state index in [2.05, 4.69) is 85.5 Å². The first-order valence-electron chi connectivity index (χ1n) is 44.3. The Morgan fingerprint density at radius 2 is 0.389 bits per heavy atom. The minimum absolute atomic E-state index is 0.218. The molecular weight excluding hydrogens is 1770 g/mol. The Hall–Kier alpha value is -22.8. The second-order valence-electron chi connectivity index (χ2n) is 33.2. The van der Waals surface area contributed by atoms with Gasteiger partial charge in [0.2, 0.25) is 0 Å². The van der Waals surface area contributed by atoms with Crippen LogP contribution < -0.4 is 0 Å². The van der Waals surface area contributed by atoms with Crippen LogP contribution in [0.1, 0.15) is 38.9 Å². The lowest BCUT2D eigenvalue weighted by molar-refractivity contribution is 1.07. The van der Waals surface area contributed by atoms with E-state index >= 15 is 0 Å². The first-order chi connectivity index (χ1) is 70.6. The molecule has 17 aromatic carbocycles. The van der Waals surface area contributed by atoms with Gasteiger partial charge >= 0.3 is 0 Å². The van der Waals surface area contributed by atoms with Crippen molar-refractivity contribution in [3.05, 3.63) is 471 Å². The number of benzene rings is 17. The molecular formula is C122H58N22. The summed E-state index contributed by atoms with van der Waals surface area (Å²) in [5, 5.41) is 74.7. The quantitative estimate of drug-likeness (QED) is 0.0864. The first kappa shape index (κ1) is 89.1. The lowest BCUT2D eigenvalue weighted by Gasteiger charge is -2.22. The predicted molar refractivity (Wildman–Crippen MR) is 556 cm³/mol. The number of nitriles is 7. The molecule has 0 saturated carbocycles. The summed E-state index contributed by atoms with van der Waals surface area (Å²) in [5.41, 5.74) is 20.9. The number of hydrogen-bond acceptors (Lipinski definition) is 13. The molecule has 144 heavy (non-hydrogen) atoms. The van der Waals surface area contributed by atoms with E-state index in [1.54, 1.807) is 103 Å². The van der Waals surface area contributed by atoms with Crippen molar-refractivity contribution < 1.29 is 0 Å². The highest BCUT2D eigenvalue weighted by atomic mass is 15.1. The second-order valence-corrected chi connectivity index (χ2v) is 33.2. The summed E-state index contributed by atoms with van der Waals surface area (Å²) in [5.74, 6) is 2.35. The van der Waals surface area contributed by atoms with Crippen LogP contribution in [-0.2, 0) is 0 Å². The molecule has 0 saturated heterocycles. The van der Waals surface area contributed by atoms with Crippen molar-refractivity contribution in [2.24, 2.45) is 0 Å². The third kappa shape index (κ3) is 17.2. The van der Waals surface area contributed by atoms with E-state index in [9.17, 15) is 36.8 Å². The number of aromatic nitrogens is 8. The van der Waals surface area contributed by atoms with Crippen molar-refractivity contribution in [2.45, 2.75) is 0 Å². The molecule has 0 aliphatic carbocycles. The van der Waals surface area contributed by atoms with Gasteiger partial charge in [-0.15, -0.1) is 0 Å². The van der Waals surface area contributed by atoms with Crippen molar-refractivity contribution in [3.8, 4) is 200 Å². The predicted octanol–water partition coefficient (Wildman–Crippen LogP) is 30.6. The largest absolute Gasteiger partial charge is 0.308 e. The van der Waals surface area contributed by atoms with Crippen molar-refractivity contribution in [1.82, 2.24) is 39.0 Å². The van der Waals surface area contributed by atoms with Crippen molar-refractivity contribution in [2.75, 3.05) is 0 Å². The summed E-state index contributed by atoms with van der Waals surface area (Å²) in [7, 11) is 0. The Morgan fingerprint density at radius 3 is 0.660 bits per heavy atom. The lowest BCUT2D eigenvalue weighted by Crippen LogP contribution is -2.04. The number of nitrogens with zero attached hydrogens (tertiary/aromatic N) is 22. The maximum absolute atomic E-state index is 10.5. The monoisotopic (exact) mass is 1830 g/mol. The Labute approximate surface area is 824 Å². The highest BCUT2D eigenvalue weighted by Gasteiger charge is 2.30. The number of rotatable bonds is 15. The SMILES string of the molecule is [C-]#[N+]c1cc(C#N)cc(-c2ccc3c(c2)c2cc(-c4cc(C#N)cc([N+]#[C-])c4)ccc2n3-c2c(-c3cc(C#N)cc(C#N)c3)cc(-c3nc(-c4ccccc4)nc(-c4ccccc4)n3)cc2-c2cc([N+]#[C-])cc([N+]#[C-])c2)c1.[C-]#[N+]c1cc(C#N)cc(-c2ccc3c(c2)c2ccccc2n3-c2c(-c3cc(C#N)cc(C#N)c3)cc(-c3nc(-c4ccccc4)nc(-c4ccccc4)n3)cc2-c2cc([N+]#[C-])cc([N+]#[C-])c2)c1. The Bertz CT molecular complexity index is 9050. The van der Waals surface area contributed by atoms with E-state index in [0.717, 1.165) is 66.0 Å². The van der Waals surface area contributed by atoms with Crippen LogP contribution in [0, 0.1) is 125 Å². The summed E-state index contributed by atoms with van der Waals surface area (Å²) < 4.78 is 4.20. The lowest BCUT2D eigenvalue weighted by atomic mass is 9.90. The van der Waals surface area contributed by atoms with Gasteiger partial charge in [-0.2, -0.15) is 36.8 Å². The zero-order chi connectivity index (χ0) is 99.2. The number of para-hydroxylation sites is 1. The highest BCUT2D eigenvalue weighted by molar-refractivity contribution is 6.15. The zero-order valence-electron chi connectivity index (χ0n) is 75.3. The van der Waals surface area contributed by atoms with E-state index in [1.807, 2.05) is 224 Å². The van der Waals surface area contributed by atoms with Gasteiger partial charge in [-0.3, -0.25) is 0 Å². The molecule has 21 rings (SSSR count). The summed E-state index contributed by atoms with van der Waals surface area (Å²) in [6.07, 6.45) is 0. The normalized spacial score (nSPS) is 10.5. The minimum Gasteiger partial charge on any atom is -0.308 e. The van der Waals surface area contributed by atoms with Gasteiger partial charge in [0, 0.05) is 93.9 Å². The van der Waals surface area contributed by atoms with E-state index < -0.39 is 0 Å². The third-order valence-electron chi connectivity index (χ3n) is 24.5. The van der Waals surface area contributed by atoms with Crippen LogP contribution >= 0.6 is 0 Å². The van der Waals surface area contributed by atoms with Gasteiger partial charge in [0.25, 0.3) is 0 Å². The molecule has 0 aliphatic heterocycles. The van der Waals surface area contributed by atoms with Gasteiger partial charge < -0.3 is 9.13 Å². The molecule has 0 aliphatic rings. The van der Waals surface area contributed by atoms with Gasteiger partial charge in [0.1, 0.15) is 0 Å². The van der Waals surface area contributed by atoms with Gasteiger partial charge in [0.05, 0.1) is 144 Å². The summed E-state index contributed by atoms with van der Waals surface area (Å²) in [6.45, 7) is 55.9. The molecule has 21 aromatic rings. The van der Waals surface area contributed by atoms with Gasteiger partial charge in [0.15, 0.2) is 74.8 Å². The fourth-order valence-corrected chi connectivity index (χ4v) is 18.1. The molecule has 4 aromatic heterocycles. The standard InChI is InChI=1S/C65H30N12.C57H28N10/c1-70-52-24-41(37-68)20-47(26-52)45-15-17-60-58(30-45)59-31-46(48-21-42(38-69)25-53(27-48)71-2)16-18-61(59)77(60)62-56(49-22-39(35-66)19-40(23-49)36-67)32-51(33-57(62)50-28-54(72-3)34-55(29-50)73-4)65-75-63(43-11-7-5-8-12-43)74-64(76-65)44-13-9-6-10-14-44;1-61-45-24-37(34-60)21-41(25-45)40-18-19-53-51(28-40)48-16-10-11-17-52(48)67(53)54-49(42-22-35(32-58)20-36(23-42)33-59)29-44(30-50(54)43-26-46(62-2)31-47(27-43)63-3)57-65-55(38-12-6-4-7-13-38)64-56(66-57)39-14-8-5-9-15-39/h5-34H;4-31H. The smallest absolute Gasteiger partial charge is 0.189 e. The van der Waals surface area contributed by atoms with Crippen LogP contribution in [0.4, 0.5) is 39.8 Å². The molecule has 0 N–H and O–H groups in total. The topological polar surface area (TPSA) is 284 Å². The van der Waals surface area contributed by atoms with E-state index in [4.69, 9.17) is 75.9 Å². The maximum Gasteiger partial charge on any atom is 0.189 e. The molecule has 0 unspecified atom stereocenters. The summed E-state index contributed by atoms with van der Waals surface area (Å²) in [4.78, 5) is 56.4. The van der Waals surface area contributed by atoms with Gasteiger partial charge in [-0.25, -0.2) is 63.8 Å². The fourth-order valence-electron chi connectivity index (χ4n) is 18.1.